The Labute approximate surface area is 141 Å². The van der Waals surface area contributed by atoms with Gasteiger partial charge < -0.3 is 15.2 Å². The molecule has 0 aromatic heterocycles. The van der Waals surface area contributed by atoms with Crippen LogP contribution in [-0.2, 0) is 11.4 Å². The Morgan fingerprint density at radius 2 is 1.92 bits per heavy atom. The van der Waals surface area contributed by atoms with E-state index in [2.05, 4.69) is 5.32 Å². The van der Waals surface area contributed by atoms with Crippen molar-refractivity contribution >= 4 is 5.91 Å². The number of aliphatic hydroxyl groups is 1. The number of ether oxygens (including phenoxy) is 1. The Bertz CT molecular complexity index is 671. The van der Waals surface area contributed by atoms with Gasteiger partial charge in [0.15, 0.2) is 6.61 Å². The van der Waals surface area contributed by atoms with Gasteiger partial charge in [0.05, 0.1) is 12.6 Å². The molecule has 2 aromatic rings. The van der Waals surface area contributed by atoms with Crippen molar-refractivity contribution in [2.75, 3.05) is 6.61 Å². The van der Waals surface area contributed by atoms with Crippen LogP contribution >= 0.6 is 0 Å². The number of hydrogen-bond donors (Lipinski definition) is 2. The Morgan fingerprint density at radius 1 is 1.21 bits per heavy atom. The first-order valence-electron chi connectivity index (χ1n) is 7.87. The van der Waals surface area contributed by atoms with Crippen LogP contribution < -0.4 is 10.1 Å². The molecule has 24 heavy (non-hydrogen) atoms. The summed E-state index contributed by atoms with van der Waals surface area (Å²) in [7, 11) is 0. The highest BCUT2D eigenvalue weighted by Gasteiger charge is 2.18. The maximum absolute atomic E-state index is 13.1. The van der Waals surface area contributed by atoms with Crippen LogP contribution in [0.3, 0.4) is 0 Å². The molecule has 0 saturated carbocycles. The zero-order valence-corrected chi connectivity index (χ0v) is 13.8. The Hall–Kier alpha value is -2.40. The molecule has 0 saturated heterocycles. The number of rotatable bonds is 7. The molecule has 5 heteroatoms. The van der Waals surface area contributed by atoms with Gasteiger partial charge in [-0.3, -0.25) is 4.79 Å². The number of hydrogen-bond acceptors (Lipinski definition) is 3. The lowest BCUT2D eigenvalue weighted by Crippen LogP contribution is -2.35. The predicted molar refractivity (Wildman–Crippen MR) is 90.0 cm³/mol. The molecule has 0 spiro atoms. The van der Waals surface area contributed by atoms with Gasteiger partial charge >= 0.3 is 0 Å². The third-order valence-corrected chi connectivity index (χ3v) is 3.66. The van der Waals surface area contributed by atoms with Crippen molar-refractivity contribution in [1.29, 1.82) is 0 Å². The minimum Gasteiger partial charge on any atom is -0.484 e. The number of benzene rings is 2. The van der Waals surface area contributed by atoms with Gasteiger partial charge in [-0.2, -0.15) is 0 Å². The van der Waals surface area contributed by atoms with Crippen molar-refractivity contribution in [3.8, 4) is 5.75 Å². The minimum atomic E-state index is -0.306. The lowest BCUT2D eigenvalue weighted by atomic mass is 9.96. The van der Waals surface area contributed by atoms with E-state index >= 15 is 0 Å². The second kappa shape index (κ2) is 8.45. The normalized spacial score (nSPS) is 12.0. The fourth-order valence-electron chi connectivity index (χ4n) is 2.40. The molecule has 0 aliphatic rings. The van der Waals surface area contributed by atoms with Crippen LogP contribution in [-0.4, -0.2) is 17.6 Å². The molecule has 0 fully saturated rings. The predicted octanol–water partition coefficient (Wildman–Crippen LogP) is 3.21. The topological polar surface area (TPSA) is 58.6 Å². The third-order valence-electron chi connectivity index (χ3n) is 3.66. The summed E-state index contributed by atoms with van der Waals surface area (Å²) in [5.41, 5.74) is 1.57. The van der Waals surface area contributed by atoms with Gasteiger partial charge in [0.25, 0.3) is 5.91 Å². The monoisotopic (exact) mass is 331 g/mol. The van der Waals surface area contributed by atoms with Crippen LogP contribution in [0.15, 0.2) is 48.5 Å². The van der Waals surface area contributed by atoms with Crippen LogP contribution in [0.4, 0.5) is 4.39 Å². The summed E-state index contributed by atoms with van der Waals surface area (Å²) in [5.74, 6) is 0.115. The van der Waals surface area contributed by atoms with Gasteiger partial charge in [-0.15, -0.1) is 0 Å². The molecule has 0 aliphatic carbocycles. The van der Waals surface area contributed by atoms with Gasteiger partial charge in [0.1, 0.15) is 11.6 Å². The molecule has 0 radical (unpaired) electrons. The standard InChI is InChI=1S/C19H22FNO3/c1-13(2)19(15-6-8-16(20)9-7-15)21-18(23)12-24-17-5-3-4-14(10-17)11-22/h3-10,13,19,22H,11-12H2,1-2H3,(H,21,23). The number of carbonyl (C=O) groups is 1. The fraction of sp³-hybridized carbons (Fsp3) is 0.316. The molecule has 4 nitrogen and oxygen atoms in total. The maximum atomic E-state index is 13.1. The van der Waals surface area contributed by atoms with E-state index in [0.29, 0.717) is 5.75 Å². The van der Waals surface area contributed by atoms with Gasteiger partial charge in [0.2, 0.25) is 0 Å². The van der Waals surface area contributed by atoms with Crippen LogP contribution in [0.25, 0.3) is 0 Å². The Morgan fingerprint density at radius 3 is 2.54 bits per heavy atom. The van der Waals surface area contributed by atoms with Crippen molar-refractivity contribution in [2.45, 2.75) is 26.5 Å². The van der Waals surface area contributed by atoms with E-state index in [9.17, 15) is 9.18 Å². The summed E-state index contributed by atoms with van der Waals surface area (Å²) in [4.78, 5) is 12.2. The molecular formula is C19H22FNO3. The third kappa shape index (κ3) is 5.06. The molecule has 2 N–H and O–H groups in total. The first-order valence-corrected chi connectivity index (χ1v) is 7.87. The van der Waals surface area contributed by atoms with Crippen molar-refractivity contribution < 1.29 is 19.0 Å². The van der Waals surface area contributed by atoms with Crippen LogP contribution in [0.5, 0.6) is 5.75 Å². The van der Waals surface area contributed by atoms with Crippen molar-refractivity contribution in [3.63, 3.8) is 0 Å². The van der Waals surface area contributed by atoms with Gasteiger partial charge in [-0.25, -0.2) is 4.39 Å². The first kappa shape index (κ1) is 17.9. The second-order valence-corrected chi connectivity index (χ2v) is 5.93. The van der Waals surface area contributed by atoms with E-state index in [1.807, 2.05) is 13.8 Å². The van der Waals surface area contributed by atoms with E-state index in [0.717, 1.165) is 11.1 Å². The van der Waals surface area contributed by atoms with Gasteiger partial charge in [-0.1, -0.05) is 38.1 Å². The summed E-state index contributed by atoms with van der Waals surface area (Å²) in [6.07, 6.45) is 0. The molecule has 1 unspecified atom stereocenters. The number of carbonyl (C=O) groups excluding carboxylic acids is 1. The van der Waals surface area contributed by atoms with Crippen molar-refractivity contribution in [3.05, 3.63) is 65.5 Å². The summed E-state index contributed by atoms with van der Waals surface area (Å²) in [6.45, 7) is 3.77. The largest absolute Gasteiger partial charge is 0.484 e. The highest BCUT2D eigenvalue weighted by molar-refractivity contribution is 5.78. The molecule has 2 aromatic carbocycles. The molecule has 128 valence electrons. The van der Waals surface area contributed by atoms with Crippen LogP contribution in [0.1, 0.15) is 31.0 Å². The molecular weight excluding hydrogens is 309 g/mol. The average Bonchev–Trinajstić information content (AvgIpc) is 2.59. The van der Waals surface area contributed by atoms with Crippen molar-refractivity contribution in [2.24, 2.45) is 5.92 Å². The van der Waals surface area contributed by atoms with Crippen LogP contribution in [0, 0.1) is 11.7 Å². The van der Waals surface area contributed by atoms with Crippen molar-refractivity contribution in [1.82, 2.24) is 5.32 Å². The highest BCUT2D eigenvalue weighted by atomic mass is 19.1. The zero-order chi connectivity index (χ0) is 17.5. The summed E-state index contributed by atoms with van der Waals surface area (Å²) in [6, 6.07) is 12.8. The first-order chi connectivity index (χ1) is 11.5. The smallest absolute Gasteiger partial charge is 0.258 e. The molecule has 2 rings (SSSR count). The minimum absolute atomic E-state index is 0.0800. The zero-order valence-electron chi connectivity index (χ0n) is 13.8. The van der Waals surface area contributed by atoms with E-state index in [-0.39, 0.29) is 36.9 Å². The summed E-state index contributed by atoms with van der Waals surface area (Å²) in [5, 5.41) is 12.0. The number of halogens is 1. The maximum Gasteiger partial charge on any atom is 0.258 e. The van der Waals surface area contributed by atoms with Gasteiger partial charge in [0, 0.05) is 0 Å². The number of nitrogens with one attached hydrogen (secondary N) is 1. The molecule has 1 amide bonds. The van der Waals surface area contributed by atoms with E-state index < -0.39 is 0 Å². The lowest BCUT2D eigenvalue weighted by Gasteiger charge is -2.23. The lowest BCUT2D eigenvalue weighted by molar-refractivity contribution is -0.124. The van der Waals surface area contributed by atoms with Gasteiger partial charge in [-0.05, 0) is 41.3 Å². The Balaban J connectivity index is 1.96. The molecule has 0 aliphatic heterocycles. The summed E-state index contributed by atoms with van der Waals surface area (Å²) < 4.78 is 18.5. The van der Waals surface area contributed by atoms with E-state index in [1.54, 1.807) is 36.4 Å². The highest BCUT2D eigenvalue weighted by Crippen LogP contribution is 2.22. The Kier molecular flexibility index (Phi) is 6.32. The van der Waals surface area contributed by atoms with E-state index in [1.165, 1.54) is 12.1 Å². The molecule has 0 heterocycles. The molecule has 1 atom stereocenters. The molecule has 0 bridgehead atoms. The quantitative estimate of drug-likeness (QED) is 0.819. The number of amides is 1. The summed E-state index contributed by atoms with van der Waals surface area (Å²) >= 11 is 0. The fourth-order valence-corrected chi connectivity index (χ4v) is 2.40. The number of aliphatic hydroxyl groups excluding tert-OH is 1. The van der Waals surface area contributed by atoms with E-state index in [4.69, 9.17) is 9.84 Å². The van der Waals surface area contributed by atoms with Crippen LogP contribution in [0.2, 0.25) is 0 Å². The average molecular weight is 331 g/mol. The second-order valence-electron chi connectivity index (χ2n) is 5.93. The SMILES string of the molecule is CC(C)C(NC(=O)COc1cccc(CO)c1)c1ccc(F)cc1.